The van der Waals surface area contributed by atoms with Gasteiger partial charge in [-0.25, -0.2) is 0 Å². The SMILES string of the molecule is CC(=O)N1C[C@@H](O)C[C@@H]1C(=O)Nc1c(-c2ccccc2)n[nH]c1C. The lowest BCUT2D eigenvalue weighted by Gasteiger charge is -2.22. The van der Waals surface area contributed by atoms with Crippen LogP contribution in [0, 0.1) is 6.92 Å². The molecule has 0 unspecified atom stereocenters. The number of hydrogen-bond donors (Lipinski definition) is 3. The van der Waals surface area contributed by atoms with Gasteiger partial charge >= 0.3 is 0 Å². The molecule has 24 heavy (non-hydrogen) atoms. The van der Waals surface area contributed by atoms with Crippen LogP contribution in [0.2, 0.25) is 0 Å². The fraction of sp³-hybridized carbons (Fsp3) is 0.353. The summed E-state index contributed by atoms with van der Waals surface area (Å²) in [5.41, 5.74) is 2.85. The number of rotatable bonds is 3. The van der Waals surface area contributed by atoms with E-state index in [4.69, 9.17) is 0 Å². The van der Waals surface area contributed by atoms with Crippen LogP contribution in [0.25, 0.3) is 11.3 Å². The summed E-state index contributed by atoms with van der Waals surface area (Å²) in [5, 5.41) is 19.8. The van der Waals surface area contributed by atoms with E-state index in [2.05, 4.69) is 15.5 Å². The third-order valence-corrected chi connectivity index (χ3v) is 4.23. The van der Waals surface area contributed by atoms with E-state index >= 15 is 0 Å². The second-order valence-electron chi connectivity index (χ2n) is 6.00. The van der Waals surface area contributed by atoms with Crippen LogP contribution in [0.4, 0.5) is 5.69 Å². The normalized spacial score (nSPS) is 20.2. The Balaban J connectivity index is 1.85. The molecule has 3 rings (SSSR count). The molecule has 7 heteroatoms. The molecular formula is C17H20N4O3. The number of nitrogens with one attached hydrogen (secondary N) is 2. The number of aromatic nitrogens is 2. The van der Waals surface area contributed by atoms with E-state index in [9.17, 15) is 14.7 Å². The zero-order valence-electron chi connectivity index (χ0n) is 13.6. The molecule has 0 bridgehead atoms. The number of aromatic amines is 1. The Kier molecular flexibility index (Phi) is 4.35. The van der Waals surface area contributed by atoms with Gasteiger partial charge in [0.1, 0.15) is 11.7 Å². The summed E-state index contributed by atoms with van der Waals surface area (Å²) < 4.78 is 0. The van der Waals surface area contributed by atoms with Crippen molar-refractivity contribution >= 4 is 17.5 Å². The van der Waals surface area contributed by atoms with E-state index < -0.39 is 12.1 Å². The largest absolute Gasteiger partial charge is 0.391 e. The Morgan fingerprint density at radius 2 is 2.04 bits per heavy atom. The van der Waals surface area contributed by atoms with Crippen LogP contribution in [0.3, 0.4) is 0 Å². The number of aryl methyl sites for hydroxylation is 1. The molecule has 2 atom stereocenters. The van der Waals surface area contributed by atoms with Crippen LogP contribution < -0.4 is 5.32 Å². The quantitative estimate of drug-likeness (QED) is 0.791. The summed E-state index contributed by atoms with van der Waals surface area (Å²) in [6, 6.07) is 8.85. The number of H-pyrrole nitrogens is 1. The minimum atomic E-state index is -0.677. The van der Waals surface area contributed by atoms with E-state index in [1.165, 1.54) is 11.8 Å². The first-order valence-corrected chi connectivity index (χ1v) is 7.84. The van der Waals surface area contributed by atoms with Gasteiger partial charge in [-0.15, -0.1) is 0 Å². The molecule has 1 aromatic heterocycles. The van der Waals surface area contributed by atoms with Gasteiger partial charge in [0.05, 0.1) is 17.5 Å². The van der Waals surface area contributed by atoms with Crippen molar-refractivity contribution < 1.29 is 14.7 Å². The Morgan fingerprint density at radius 3 is 2.71 bits per heavy atom. The summed E-state index contributed by atoms with van der Waals surface area (Å²) in [7, 11) is 0. The number of carbonyl (C=O) groups excluding carboxylic acids is 2. The van der Waals surface area contributed by atoms with Gasteiger partial charge < -0.3 is 15.3 Å². The van der Waals surface area contributed by atoms with Gasteiger partial charge in [-0.2, -0.15) is 5.10 Å². The Morgan fingerprint density at radius 1 is 1.33 bits per heavy atom. The van der Waals surface area contributed by atoms with E-state index in [-0.39, 0.29) is 24.8 Å². The molecule has 0 aliphatic carbocycles. The second kappa shape index (κ2) is 6.45. The molecule has 1 saturated heterocycles. The van der Waals surface area contributed by atoms with Crippen molar-refractivity contribution in [2.24, 2.45) is 0 Å². The summed E-state index contributed by atoms with van der Waals surface area (Å²) in [6.07, 6.45) is -0.438. The average Bonchev–Trinajstić information content (AvgIpc) is 3.12. The summed E-state index contributed by atoms with van der Waals surface area (Å²) in [5.74, 6) is -0.540. The minimum absolute atomic E-state index is 0.184. The zero-order chi connectivity index (χ0) is 17.3. The van der Waals surface area contributed by atoms with Crippen LogP contribution in [0.15, 0.2) is 30.3 Å². The Bertz CT molecular complexity index is 756. The lowest BCUT2D eigenvalue weighted by molar-refractivity contribution is -0.134. The van der Waals surface area contributed by atoms with Gasteiger partial charge in [0.15, 0.2) is 0 Å². The number of carbonyl (C=O) groups is 2. The van der Waals surface area contributed by atoms with Gasteiger partial charge in [0.2, 0.25) is 11.8 Å². The summed E-state index contributed by atoms with van der Waals surface area (Å²) >= 11 is 0. The third-order valence-electron chi connectivity index (χ3n) is 4.23. The lowest BCUT2D eigenvalue weighted by Crippen LogP contribution is -2.42. The highest BCUT2D eigenvalue weighted by atomic mass is 16.3. The first kappa shape index (κ1) is 16.2. The number of hydrogen-bond acceptors (Lipinski definition) is 4. The summed E-state index contributed by atoms with van der Waals surface area (Å²) in [6.45, 7) is 3.40. The van der Waals surface area contributed by atoms with Crippen LogP contribution >= 0.6 is 0 Å². The number of aliphatic hydroxyl groups excluding tert-OH is 1. The zero-order valence-corrected chi connectivity index (χ0v) is 13.6. The number of β-amino-alcohol motifs (C(OH)–C–C–N with tert-alkyl or cyclic N) is 1. The molecule has 2 aromatic rings. The highest BCUT2D eigenvalue weighted by molar-refractivity contribution is 6.00. The molecule has 3 N–H and O–H groups in total. The van der Waals surface area contributed by atoms with Gasteiger partial charge in [0.25, 0.3) is 0 Å². The Hall–Kier alpha value is -2.67. The molecule has 0 radical (unpaired) electrons. The first-order valence-electron chi connectivity index (χ1n) is 7.84. The van der Waals surface area contributed by atoms with Gasteiger partial charge in [-0.1, -0.05) is 30.3 Å². The highest BCUT2D eigenvalue weighted by Crippen LogP contribution is 2.29. The van der Waals surface area contributed by atoms with Crippen molar-refractivity contribution in [3.63, 3.8) is 0 Å². The smallest absolute Gasteiger partial charge is 0.247 e. The van der Waals surface area contributed by atoms with Gasteiger partial charge in [-0.05, 0) is 6.92 Å². The molecule has 7 nitrogen and oxygen atoms in total. The molecule has 1 aromatic carbocycles. The number of aliphatic hydroxyl groups is 1. The average molecular weight is 328 g/mol. The molecule has 1 aliphatic heterocycles. The topological polar surface area (TPSA) is 98.3 Å². The van der Waals surface area contributed by atoms with E-state index in [1.54, 1.807) is 0 Å². The number of anilines is 1. The number of amides is 2. The van der Waals surface area contributed by atoms with Crippen molar-refractivity contribution in [3.8, 4) is 11.3 Å². The first-order chi connectivity index (χ1) is 11.5. The number of benzene rings is 1. The maximum atomic E-state index is 12.7. The lowest BCUT2D eigenvalue weighted by atomic mass is 10.1. The van der Waals surface area contributed by atoms with E-state index in [1.807, 2.05) is 37.3 Å². The van der Waals surface area contributed by atoms with Crippen molar-refractivity contribution in [1.29, 1.82) is 0 Å². The fourth-order valence-electron chi connectivity index (χ4n) is 3.00. The van der Waals surface area contributed by atoms with Gasteiger partial charge in [0, 0.05) is 25.5 Å². The Labute approximate surface area is 139 Å². The van der Waals surface area contributed by atoms with Crippen molar-refractivity contribution in [2.45, 2.75) is 32.4 Å². The standard InChI is InChI=1S/C17H20N4O3/c1-10-15(16(20-19-10)12-6-4-3-5-7-12)18-17(24)14-8-13(23)9-21(14)11(2)22/h3-7,13-14,23H,8-9H2,1-2H3,(H,18,24)(H,19,20)/t13-,14+/m0/s1. The number of nitrogens with zero attached hydrogens (tertiary/aromatic N) is 2. The maximum absolute atomic E-state index is 12.7. The summed E-state index contributed by atoms with van der Waals surface area (Å²) in [4.78, 5) is 25.7. The second-order valence-corrected chi connectivity index (χ2v) is 6.00. The maximum Gasteiger partial charge on any atom is 0.247 e. The van der Waals surface area contributed by atoms with Crippen LogP contribution in [-0.2, 0) is 9.59 Å². The predicted octanol–water partition coefficient (Wildman–Crippen LogP) is 1.31. The number of likely N-dealkylation sites (tertiary alicyclic amines) is 1. The molecule has 2 amide bonds. The molecule has 1 aliphatic rings. The van der Waals surface area contributed by atoms with Gasteiger partial charge in [-0.3, -0.25) is 14.7 Å². The van der Waals surface area contributed by atoms with Crippen molar-refractivity contribution in [1.82, 2.24) is 15.1 Å². The molecule has 0 spiro atoms. The van der Waals surface area contributed by atoms with Crippen LogP contribution in [0.5, 0.6) is 0 Å². The van der Waals surface area contributed by atoms with E-state index in [0.717, 1.165) is 11.3 Å². The fourth-order valence-corrected chi connectivity index (χ4v) is 3.00. The van der Waals surface area contributed by atoms with Crippen LogP contribution in [0.1, 0.15) is 19.0 Å². The minimum Gasteiger partial charge on any atom is -0.391 e. The third kappa shape index (κ3) is 3.03. The molecule has 1 fully saturated rings. The van der Waals surface area contributed by atoms with E-state index in [0.29, 0.717) is 11.4 Å². The van der Waals surface area contributed by atoms with Crippen molar-refractivity contribution in [3.05, 3.63) is 36.0 Å². The molecule has 0 saturated carbocycles. The highest BCUT2D eigenvalue weighted by Gasteiger charge is 2.38. The van der Waals surface area contributed by atoms with Crippen molar-refractivity contribution in [2.75, 3.05) is 11.9 Å². The molecular weight excluding hydrogens is 308 g/mol. The molecule has 126 valence electrons. The monoisotopic (exact) mass is 328 g/mol. The predicted molar refractivity (Wildman–Crippen MR) is 89.2 cm³/mol. The molecule has 2 heterocycles. The van der Waals surface area contributed by atoms with Crippen LogP contribution in [-0.4, -0.2) is 50.7 Å².